The molecule has 0 radical (unpaired) electrons. The van der Waals surface area contributed by atoms with Crippen LogP contribution in [0.1, 0.15) is 36.9 Å². The largest absolute Gasteiger partial charge is 0.433 e. The van der Waals surface area contributed by atoms with Gasteiger partial charge < -0.3 is 10.6 Å². The van der Waals surface area contributed by atoms with Gasteiger partial charge in [-0.2, -0.15) is 13.2 Å². The molecule has 0 bridgehead atoms. The van der Waals surface area contributed by atoms with Crippen molar-refractivity contribution in [3.05, 3.63) is 23.4 Å². The Labute approximate surface area is 126 Å². The lowest BCUT2D eigenvalue weighted by Gasteiger charge is -2.26. The number of anilines is 1. The summed E-state index contributed by atoms with van der Waals surface area (Å²) in [5.41, 5.74) is 5.21. The number of hydrogen-bond donors (Lipinski definition) is 1. The molecular formula is C14H16F3N3S. The first-order chi connectivity index (χ1) is 9.86. The van der Waals surface area contributed by atoms with Crippen LogP contribution < -0.4 is 10.6 Å². The minimum Gasteiger partial charge on any atom is -0.389 e. The Bertz CT molecular complexity index is 565. The smallest absolute Gasteiger partial charge is 0.389 e. The Kier molecular flexibility index (Phi) is 3.55. The molecule has 7 heteroatoms. The van der Waals surface area contributed by atoms with E-state index in [-0.39, 0.29) is 11.0 Å². The highest BCUT2D eigenvalue weighted by Gasteiger charge is 2.38. The fourth-order valence-corrected chi connectivity index (χ4v) is 2.55. The lowest BCUT2D eigenvalue weighted by Crippen LogP contribution is -2.32. The van der Waals surface area contributed by atoms with E-state index in [2.05, 4.69) is 4.98 Å². The number of nitrogens with zero attached hydrogens (tertiary/aromatic N) is 2. The predicted octanol–water partition coefficient (Wildman–Crippen LogP) is 3.11. The van der Waals surface area contributed by atoms with E-state index in [1.54, 1.807) is 0 Å². The molecule has 2 N–H and O–H groups in total. The van der Waals surface area contributed by atoms with E-state index in [9.17, 15) is 13.2 Å². The first kappa shape index (κ1) is 14.6. The number of rotatable bonds is 5. The summed E-state index contributed by atoms with van der Waals surface area (Å²) in [6.45, 7) is 0.745. The van der Waals surface area contributed by atoms with Crippen LogP contribution >= 0.6 is 12.2 Å². The molecule has 21 heavy (non-hydrogen) atoms. The molecule has 0 atom stereocenters. The quantitative estimate of drug-likeness (QED) is 0.848. The number of hydrogen-bond acceptors (Lipinski definition) is 3. The molecule has 3 nitrogen and oxygen atoms in total. The zero-order valence-corrected chi connectivity index (χ0v) is 12.2. The molecule has 0 amide bonds. The van der Waals surface area contributed by atoms with Crippen LogP contribution in [0.2, 0.25) is 0 Å². The Morgan fingerprint density at radius 3 is 2.43 bits per heavy atom. The molecule has 2 aliphatic carbocycles. The van der Waals surface area contributed by atoms with Crippen LogP contribution in [-0.4, -0.2) is 22.6 Å². The van der Waals surface area contributed by atoms with Crippen LogP contribution in [0.5, 0.6) is 0 Å². The van der Waals surface area contributed by atoms with E-state index < -0.39 is 11.9 Å². The van der Waals surface area contributed by atoms with Crippen LogP contribution in [0.15, 0.2) is 12.1 Å². The second-order valence-corrected chi connectivity index (χ2v) is 6.20. The summed E-state index contributed by atoms with van der Waals surface area (Å²) in [5.74, 6) is 0.855. The van der Waals surface area contributed by atoms with Gasteiger partial charge in [0.05, 0.1) is 5.56 Å². The molecule has 2 fully saturated rings. The highest BCUT2D eigenvalue weighted by atomic mass is 32.1. The third kappa shape index (κ3) is 3.28. The van der Waals surface area contributed by atoms with Gasteiger partial charge in [0.2, 0.25) is 0 Å². The Morgan fingerprint density at radius 1 is 1.29 bits per heavy atom. The van der Waals surface area contributed by atoms with Crippen molar-refractivity contribution < 1.29 is 13.2 Å². The van der Waals surface area contributed by atoms with Crippen molar-refractivity contribution in [2.75, 3.05) is 11.4 Å². The second-order valence-electron chi connectivity index (χ2n) is 5.76. The van der Waals surface area contributed by atoms with Gasteiger partial charge in [-0.05, 0) is 43.7 Å². The molecule has 2 saturated carbocycles. The zero-order valence-electron chi connectivity index (χ0n) is 11.4. The van der Waals surface area contributed by atoms with Gasteiger partial charge in [-0.15, -0.1) is 0 Å². The average Bonchev–Trinajstić information content (AvgIpc) is 3.25. The molecule has 2 aliphatic rings. The maximum atomic E-state index is 12.9. The van der Waals surface area contributed by atoms with Gasteiger partial charge in [-0.3, -0.25) is 0 Å². The van der Waals surface area contributed by atoms with Crippen LogP contribution in [-0.2, 0) is 6.18 Å². The van der Waals surface area contributed by atoms with Crippen molar-refractivity contribution in [2.24, 2.45) is 11.7 Å². The van der Waals surface area contributed by atoms with Crippen molar-refractivity contribution >= 4 is 23.0 Å². The van der Waals surface area contributed by atoms with Crippen molar-refractivity contribution in [1.82, 2.24) is 4.98 Å². The van der Waals surface area contributed by atoms with E-state index in [0.717, 1.165) is 38.3 Å². The Morgan fingerprint density at radius 2 is 1.95 bits per heavy atom. The van der Waals surface area contributed by atoms with Crippen molar-refractivity contribution in [1.29, 1.82) is 0 Å². The number of aromatic nitrogens is 1. The van der Waals surface area contributed by atoms with Gasteiger partial charge in [0.15, 0.2) is 0 Å². The zero-order chi connectivity index (χ0) is 15.2. The standard InChI is InChI=1S/C14H16F3N3S/c15-14(16,17)11-6-5-10(12(18)21)13(19-11)20(9-3-4-9)7-8-1-2-8/h5-6,8-9H,1-4,7H2,(H2,18,21). The highest BCUT2D eigenvalue weighted by molar-refractivity contribution is 7.80. The number of nitrogens with two attached hydrogens (primary N) is 1. The van der Waals surface area contributed by atoms with Gasteiger partial charge in [0, 0.05) is 12.6 Å². The van der Waals surface area contributed by atoms with Gasteiger partial charge in [-0.25, -0.2) is 4.98 Å². The van der Waals surface area contributed by atoms with E-state index in [0.29, 0.717) is 17.3 Å². The van der Waals surface area contributed by atoms with Gasteiger partial charge in [0.1, 0.15) is 16.5 Å². The third-order valence-corrected chi connectivity index (χ3v) is 4.06. The molecular weight excluding hydrogens is 299 g/mol. The highest BCUT2D eigenvalue weighted by Crippen LogP contribution is 2.39. The Hall–Kier alpha value is -1.37. The SMILES string of the molecule is NC(=S)c1ccc(C(F)(F)F)nc1N(CC1CC1)C1CC1. The summed E-state index contributed by atoms with van der Waals surface area (Å²) >= 11 is 4.97. The van der Waals surface area contributed by atoms with Crippen molar-refractivity contribution in [3.63, 3.8) is 0 Å². The van der Waals surface area contributed by atoms with Crippen molar-refractivity contribution in [2.45, 2.75) is 37.9 Å². The second kappa shape index (κ2) is 5.12. The summed E-state index contributed by atoms with van der Waals surface area (Å²) in [4.78, 5) is 5.91. The van der Waals surface area contributed by atoms with Crippen LogP contribution in [0.25, 0.3) is 0 Å². The van der Waals surface area contributed by atoms with Crippen LogP contribution in [0.3, 0.4) is 0 Å². The van der Waals surface area contributed by atoms with Crippen molar-refractivity contribution in [3.8, 4) is 0 Å². The molecule has 0 saturated heterocycles. The summed E-state index contributed by atoms with van der Waals surface area (Å²) in [5, 5.41) is 0. The maximum absolute atomic E-state index is 12.9. The molecule has 0 aromatic carbocycles. The fourth-order valence-electron chi connectivity index (χ4n) is 2.39. The predicted molar refractivity (Wildman–Crippen MR) is 78.2 cm³/mol. The first-order valence-electron chi connectivity index (χ1n) is 7.01. The molecule has 0 spiro atoms. The fraction of sp³-hybridized carbons (Fsp3) is 0.571. The summed E-state index contributed by atoms with van der Waals surface area (Å²) in [6, 6.07) is 2.56. The molecule has 3 rings (SSSR count). The molecule has 0 aliphatic heterocycles. The number of thiocarbonyl (C=S) groups is 1. The molecule has 114 valence electrons. The first-order valence-corrected chi connectivity index (χ1v) is 7.42. The maximum Gasteiger partial charge on any atom is 0.433 e. The normalized spacial score (nSPS) is 18.6. The van der Waals surface area contributed by atoms with Crippen LogP contribution in [0, 0.1) is 5.92 Å². The van der Waals surface area contributed by atoms with E-state index in [4.69, 9.17) is 18.0 Å². The summed E-state index contributed by atoms with van der Waals surface area (Å²) in [7, 11) is 0. The number of pyridine rings is 1. The van der Waals surface area contributed by atoms with Gasteiger partial charge in [0.25, 0.3) is 0 Å². The van der Waals surface area contributed by atoms with E-state index in [1.807, 2.05) is 4.90 Å². The minimum absolute atomic E-state index is 0.0904. The summed E-state index contributed by atoms with van der Waals surface area (Å²) in [6.07, 6.45) is -0.226. The minimum atomic E-state index is -4.46. The van der Waals surface area contributed by atoms with E-state index in [1.165, 1.54) is 6.07 Å². The monoisotopic (exact) mass is 315 g/mol. The van der Waals surface area contributed by atoms with Gasteiger partial charge >= 0.3 is 6.18 Å². The lowest BCUT2D eigenvalue weighted by molar-refractivity contribution is -0.141. The lowest BCUT2D eigenvalue weighted by atomic mass is 10.2. The average molecular weight is 315 g/mol. The van der Waals surface area contributed by atoms with Crippen LogP contribution in [0.4, 0.5) is 19.0 Å². The third-order valence-electron chi connectivity index (χ3n) is 3.84. The van der Waals surface area contributed by atoms with Gasteiger partial charge in [-0.1, -0.05) is 12.2 Å². The molecule has 1 heterocycles. The molecule has 1 aromatic heterocycles. The number of halogens is 3. The summed E-state index contributed by atoms with van der Waals surface area (Å²) < 4.78 is 38.7. The topological polar surface area (TPSA) is 42.1 Å². The molecule has 1 aromatic rings. The molecule has 0 unspecified atom stereocenters. The Balaban J connectivity index is 2.00. The van der Waals surface area contributed by atoms with E-state index >= 15 is 0 Å². The number of alkyl halides is 3.